The van der Waals surface area contributed by atoms with Crippen LogP contribution in [0.1, 0.15) is 32.1 Å². The van der Waals surface area contributed by atoms with Crippen molar-refractivity contribution in [1.82, 2.24) is 14.9 Å². The fourth-order valence-corrected chi connectivity index (χ4v) is 3.89. The van der Waals surface area contributed by atoms with E-state index in [-0.39, 0.29) is 30.2 Å². The molecule has 1 saturated heterocycles. The summed E-state index contributed by atoms with van der Waals surface area (Å²) in [6.07, 6.45) is 0.234. The first kappa shape index (κ1) is 18.2. The van der Waals surface area contributed by atoms with Gasteiger partial charge in [0.1, 0.15) is 5.82 Å². The number of fused-ring (bicyclic) bond motifs is 1. The van der Waals surface area contributed by atoms with Gasteiger partial charge in [0.2, 0.25) is 11.8 Å². The van der Waals surface area contributed by atoms with Crippen molar-refractivity contribution in [2.24, 2.45) is 5.92 Å². The number of anilines is 1. The highest BCUT2D eigenvalue weighted by Crippen LogP contribution is 2.26. The van der Waals surface area contributed by atoms with Crippen LogP contribution in [0.3, 0.4) is 0 Å². The van der Waals surface area contributed by atoms with Crippen molar-refractivity contribution < 1.29 is 9.59 Å². The Labute approximate surface area is 164 Å². The molecule has 1 N–H and O–H groups in total. The van der Waals surface area contributed by atoms with Crippen molar-refractivity contribution in [3.05, 3.63) is 60.4 Å². The Balaban J connectivity index is 1.49. The number of para-hydroxylation sites is 3. The molecule has 6 heteroatoms. The molecule has 6 nitrogen and oxygen atoms in total. The van der Waals surface area contributed by atoms with Crippen LogP contribution in [-0.2, 0) is 16.1 Å². The number of benzene rings is 2. The molecular formula is C22H24N4O2. The van der Waals surface area contributed by atoms with E-state index in [0.717, 1.165) is 29.1 Å². The lowest BCUT2D eigenvalue weighted by Gasteiger charge is -2.19. The fraction of sp³-hybridized carbons (Fsp3) is 0.318. The van der Waals surface area contributed by atoms with Crippen molar-refractivity contribution in [1.29, 1.82) is 0 Å². The van der Waals surface area contributed by atoms with Gasteiger partial charge in [0, 0.05) is 25.2 Å². The number of nitrogens with one attached hydrogen (secondary N) is 1. The highest BCUT2D eigenvalue weighted by molar-refractivity contribution is 6.00. The molecule has 0 saturated carbocycles. The van der Waals surface area contributed by atoms with Crippen LogP contribution < -0.4 is 10.2 Å². The third-order valence-corrected chi connectivity index (χ3v) is 5.31. The molecule has 28 heavy (non-hydrogen) atoms. The zero-order valence-corrected chi connectivity index (χ0v) is 16.1. The van der Waals surface area contributed by atoms with Crippen molar-refractivity contribution >= 4 is 28.5 Å². The largest absolute Gasteiger partial charge is 0.346 e. The maximum absolute atomic E-state index is 12.8. The number of rotatable bonds is 5. The summed E-state index contributed by atoms with van der Waals surface area (Å²) in [7, 11) is 0. The predicted molar refractivity (Wildman–Crippen MR) is 109 cm³/mol. The van der Waals surface area contributed by atoms with Gasteiger partial charge in [-0.1, -0.05) is 30.3 Å². The summed E-state index contributed by atoms with van der Waals surface area (Å²) >= 11 is 0. The van der Waals surface area contributed by atoms with Crippen LogP contribution >= 0.6 is 0 Å². The molecule has 2 atom stereocenters. The van der Waals surface area contributed by atoms with Crippen LogP contribution in [0, 0.1) is 5.92 Å². The second-order valence-corrected chi connectivity index (χ2v) is 7.17. The van der Waals surface area contributed by atoms with Crippen molar-refractivity contribution in [3.63, 3.8) is 0 Å². The van der Waals surface area contributed by atoms with Gasteiger partial charge < -0.3 is 14.8 Å². The van der Waals surface area contributed by atoms with E-state index in [1.54, 1.807) is 4.90 Å². The number of hydrogen-bond acceptors (Lipinski definition) is 3. The van der Waals surface area contributed by atoms with E-state index in [1.807, 2.05) is 61.5 Å². The average molecular weight is 376 g/mol. The van der Waals surface area contributed by atoms with Crippen molar-refractivity contribution in [3.8, 4) is 0 Å². The Kier molecular flexibility index (Phi) is 4.86. The summed E-state index contributed by atoms with van der Waals surface area (Å²) in [4.78, 5) is 31.6. The summed E-state index contributed by atoms with van der Waals surface area (Å²) in [5, 5.41) is 3.07. The van der Waals surface area contributed by atoms with Crippen LogP contribution in [0.2, 0.25) is 0 Å². The molecule has 1 aliphatic heterocycles. The van der Waals surface area contributed by atoms with Gasteiger partial charge in [-0.2, -0.15) is 0 Å². The van der Waals surface area contributed by atoms with E-state index in [2.05, 4.69) is 16.8 Å². The van der Waals surface area contributed by atoms with E-state index in [9.17, 15) is 9.59 Å². The maximum atomic E-state index is 12.8. The highest BCUT2D eigenvalue weighted by Gasteiger charge is 2.35. The minimum Gasteiger partial charge on any atom is -0.346 e. The second kappa shape index (κ2) is 7.46. The Hall–Kier alpha value is -3.15. The first-order chi connectivity index (χ1) is 13.6. The van der Waals surface area contributed by atoms with Crippen LogP contribution in [0.4, 0.5) is 5.69 Å². The first-order valence-corrected chi connectivity index (χ1v) is 9.69. The molecule has 4 rings (SSSR count). The smallest absolute Gasteiger partial charge is 0.227 e. The van der Waals surface area contributed by atoms with Crippen LogP contribution in [0.25, 0.3) is 11.0 Å². The lowest BCUT2D eigenvalue weighted by Crippen LogP contribution is -2.35. The topological polar surface area (TPSA) is 67.2 Å². The second-order valence-electron chi connectivity index (χ2n) is 7.17. The molecule has 0 spiro atoms. The van der Waals surface area contributed by atoms with E-state index in [1.165, 1.54) is 0 Å². The molecule has 0 radical (unpaired) electrons. The number of aromatic nitrogens is 2. The average Bonchev–Trinajstić information content (AvgIpc) is 3.29. The molecule has 3 aromatic rings. The molecule has 1 aliphatic rings. The molecule has 1 aromatic heterocycles. The van der Waals surface area contributed by atoms with Gasteiger partial charge in [0.25, 0.3) is 0 Å². The van der Waals surface area contributed by atoms with Gasteiger partial charge in [0.15, 0.2) is 0 Å². The van der Waals surface area contributed by atoms with Crippen molar-refractivity contribution in [2.45, 2.75) is 32.9 Å². The zero-order chi connectivity index (χ0) is 19.7. The number of imidazole rings is 1. The number of amides is 2. The molecular weight excluding hydrogens is 352 g/mol. The molecule has 0 unspecified atom stereocenters. The Bertz CT molecular complexity index is 1010. The molecule has 0 bridgehead atoms. The molecule has 0 aliphatic carbocycles. The number of hydrogen-bond donors (Lipinski definition) is 1. The molecule has 1 fully saturated rings. The Morgan fingerprint density at radius 2 is 1.89 bits per heavy atom. The summed E-state index contributed by atoms with van der Waals surface area (Å²) < 4.78 is 2.12. The molecule has 144 valence electrons. The lowest BCUT2D eigenvalue weighted by molar-refractivity contribution is -0.126. The lowest BCUT2D eigenvalue weighted by atomic mass is 10.1. The van der Waals surface area contributed by atoms with Crippen LogP contribution in [-0.4, -0.2) is 27.9 Å². The Morgan fingerprint density at radius 1 is 1.18 bits per heavy atom. The van der Waals surface area contributed by atoms with Crippen molar-refractivity contribution in [2.75, 3.05) is 11.4 Å². The van der Waals surface area contributed by atoms with Gasteiger partial charge in [-0.15, -0.1) is 0 Å². The third-order valence-electron chi connectivity index (χ3n) is 5.31. The van der Waals surface area contributed by atoms with Crippen LogP contribution in [0.15, 0.2) is 54.6 Å². The number of carbonyl (C=O) groups is 2. The van der Waals surface area contributed by atoms with Gasteiger partial charge in [-0.25, -0.2) is 4.98 Å². The van der Waals surface area contributed by atoms with Gasteiger partial charge in [-0.05, 0) is 38.1 Å². The minimum atomic E-state index is -0.352. The number of aryl methyl sites for hydroxylation is 1. The van der Waals surface area contributed by atoms with E-state index in [0.29, 0.717) is 6.54 Å². The maximum Gasteiger partial charge on any atom is 0.227 e. The molecule has 2 heterocycles. The quantitative estimate of drug-likeness (QED) is 0.743. The van der Waals surface area contributed by atoms with Gasteiger partial charge in [0.05, 0.1) is 23.0 Å². The minimum absolute atomic E-state index is 0.0141. The monoisotopic (exact) mass is 376 g/mol. The van der Waals surface area contributed by atoms with Gasteiger partial charge >= 0.3 is 0 Å². The summed E-state index contributed by atoms with van der Waals surface area (Å²) in [5.41, 5.74) is 2.82. The van der Waals surface area contributed by atoms with E-state index in [4.69, 9.17) is 4.98 Å². The fourth-order valence-electron chi connectivity index (χ4n) is 3.89. The Morgan fingerprint density at radius 3 is 2.64 bits per heavy atom. The SMILES string of the molecule is CCn1c([C@H](C)NC(=O)[C@@H]2CC(=O)N(c3ccccc3)C2)nc2ccccc21. The van der Waals surface area contributed by atoms with E-state index >= 15 is 0 Å². The van der Waals surface area contributed by atoms with Gasteiger partial charge in [-0.3, -0.25) is 9.59 Å². The summed E-state index contributed by atoms with van der Waals surface area (Å²) in [6, 6.07) is 17.2. The third kappa shape index (κ3) is 3.26. The normalized spacial score (nSPS) is 17.9. The molecule has 2 amide bonds. The summed E-state index contributed by atoms with van der Waals surface area (Å²) in [5.74, 6) is 0.365. The standard InChI is InChI=1S/C22H24N4O2/c1-3-25-19-12-8-7-11-18(19)24-21(25)15(2)23-22(28)16-13-20(27)26(14-16)17-9-5-4-6-10-17/h4-12,15-16H,3,13-14H2,1-2H3,(H,23,28)/t15-,16+/m0/s1. The van der Waals surface area contributed by atoms with E-state index < -0.39 is 0 Å². The zero-order valence-electron chi connectivity index (χ0n) is 16.1. The predicted octanol–water partition coefficient (Wildman–Crippen LogP) is 3.29. The first-order valence-electron chi connectivity index (χ1n) is 9.69. The number of nitrogens with zero attached hydrogens (tertiary/aromatic N) is 3. The molecule has 2 aromatic carbocycles. The summed E-state index contributed by atoms with van der Waals surface area (Å²) in [6.45, 7) is 5.20. The number of carbonyl (C=O) groups excluding carboxylic acids is 2. The highest BCUT2D eigenvalue weighted by atomic mass is 16.2. The van der Waals surface area contributed by atoms with Crippen LogP contribution in [0.5, 0.6) is 0 Å².